The molecule has 0 aromatic carbocycles. The van der Waals surface area contributed by atoms with Gasteiger partial charge in [-0.15, -0.1) is 0 Å². The zero-order chi connectivity index (χ0) is 15.5. The van der Waals surface area contributed by atoms with Gasteiger partial charge in [-0.3, -0.25) is 10.1 Å². The number of aromatic nitrogens is 2. The van der Waals surface area contributed by atoms with E-state index in [1.807, 2.05) is 6.07 Å². The van der Waals surface area contributed by atoms with Crippen LogP contribution in [0.1, 0.15) is 39.3 Å². The Morgan fingerprint density at radius 3 is 2.76 bits per heavy atom. The highest BCUT2D eigenvalue weighted by Gasteiger charge is 2.06. The predicted octanol–water partition coefficient (Wildman–Crippen LogP) is 1.59. The number of rotatable bonds is 9. The molecule has 0 aliphatic carbocycles. The van der Waals surface area contributed by atoms with Crippen molar-refractivity contribution in [3.05, 3.63) is 18.0 Å². The fourth-order valence-corrected chi connectivity index (χ4v) is 2.22. The van der Waals surface area contributed by atoms with Gasteiger partial charge in [0.05, 0.1) is 12.2 Å². The van der Waals surface area contributed by atoms with E-state index in [0.29, 0.717) is 12.6 Å². The molecular formula is C15H30N6. The molecular weight excluding hydrogens is 264 g/mol. The van der Waals surface area contributed by atoms with Crippen LogP contribution in [0.5, 0.6) is 0 Å². The Kier molecular flexibility index (Phi) is 8.50. The molecule has 0 fully saturated rings. The molecule has 3 N–H and O–H groups in total. The predicted molar refractivity (Wildman–Crippen MR) is 88.4 cm³/mol. The van der Waals surface area contributed by atoms with Crippen LogP contribution in [0.25, 0.3) is 0 Å². The Bertz CT molecular complexity index is 383. The molecule has 0 saturated heterocycles. The van der Waals surface area contributed by atoms with E-state index in [1.54, 1.807) is 13.2 Å². The molecule has 0 bridgehead atoms. The molecule has 6 heteroatoms. The number of nitrogens with one attached hydrogen (secondary N) is 3. The van der Waals surface area contributed by atoms with Crippen molar-refractivity contribution < 1.29 is 0 Å². The second kappa shape index (κ2) is 10.2. The molecule has 0 aliphatic rings. The normalized spacial score (nSPS) is 13.5. The average molecular weight is 294 g/mol. The molecule has 1 aromatic heterocycles. The number of aromatic amines is 1. The number of guanidine groups is 1. The molecule has 1 heterocycles. The van der Waals surface area contributed by atoms with Crippen molar-refractivity contribution in [3.8, 4) is 0 Å². The molecule has 21 heavy (non-hydrogen) atoms. The van der Waals surface area contributed by atoms with Crippen molar-refractivity contribution in [2.45, 2.75) is 46.2 Å². The lowest BCUT2D eigenvalue weighted by Crippen LogP contribution is -2.42. The summed E-state index contributed by atoms with van der Waals surface area (Å²) in [5.74, 6) is 0.833. The van der Waals surface area contributed by atoms with Crippen LogP contribution in [0.4, 0.5) is 0 Å². The molecule has 1 aromatic rings. The number of nitrogens with zero attached hydrogens (tertiary/aromatic N) is 3. The summed E-state index contributed by atoms with van der Waals surface area (Å²) in [6.45, 7) is 10.8. The molecule has 0 aliphatic heterocycles. The van der Waals surface area contributed by atoms with Crippen LogP contribution in [0, 0.1) is 0 Å². The van der Waals surface area contributed by atoms with Crippen LogP contribution >= 0.6 is 0 Å². The summed E-state index contributed by atoms with van der Waals surface area (Å²) in [6.07, 6.45) is 4.09. The number of hydrogen-bond donors (Lipinski definition) is 3. The molecule has 0 spiro atoms. The lowest BCUT2D eigenvalue weighted by Gasteiger charge is -2.21. The summed E-state index contributed by atoms with van der Waals surface area (Å²) in [5, 5.41) is 13.6. The Morgan fingerprint density at radius 1 is 1.43 bits per heavy atom. The fraction of sp³-hybridized carbons (Fsp3) is 0.733. The average Bonchev–Trinajstić information content (AvgIpc) is 3.01. The summed E-state index contributed by atoms with van der Waals surface area (Å²) >= 11 is 0. The van der Waals surface area contributed by atoms with Crippen molar-refractivity contribution in [2.24, 2.45) is 4.99 Å². The molecule has 1 atom stereocenters. The van der Waals surface area contributed by atoms with Crippen LogP contribution in [0.15, 0.2) is 17.3 Å². The third kappa shape index (κ3) is 7.13. The van der Waals surface area contributed by atoms with Gasteiger partial charge in [0.2, 0.25) is 0 Å². The summed E-state index contributed by atoms with van der Waals surface area (Å²) in [5.41, 5.74) is 1.05. The molecule has 0 radical (unpaired) electrons. The van der Waals surface area contributed by atoms with Crippen LogP contribution in [-0.4, -0.2) is 53.8 Å². The minimum atomic E-state index is 0.411. The largest absolute Gasteiger partial charge is 0.354 e. The van der Waals surface area contributed by atoms with E-state index in [4.69, 9.17) is 0 Å². The fourth-order valence-electron chi connectivity index (χ4n) is 2.22. The van der Waals surface area contributed by atoms with Crippen LogP contribution in [0.3, 0.4) is 0 Å². The number of hydrogen-bond acceptors (Lipinski definition) is 3. The van der Waals surface area contributed by atoms with Crippen molar-refractivity contribution in [1.29, 1.82) is 0 Å². The molecule has 6 nitrogen and oxygen atoms in total. The highest BCUT2D eigenvalue weighted by Crippen LogP contribution is 2.00. The third-order valence-corrected chi connectivity index (χ3v) is 3.62. The van der Waals surface area contributed by atoms with Crippen LogP contribution in [-0.2, 0) is 6.54 Å². The van der Waals surface area contributed by atoms with E-state index in [9.17, 15) is 0 Å². The van der Waals surface area contributed by atoms with E-state index in [2.05, 4.69) is 51.5 Å². The van der Waals surface area contributed by atoms with Gasteiger partial charge in [0.1, 0.15) is 0 Å². The first-order valence-corrected chi connectivity index (χ1v) is 7.87. The van der Waals surface area contributed by atoms with Gasteiger partial charge in [0.15, 0.2) is 5.96 Å². The number of aliphatic imine (C=N–C) groups is 1. The van der Waals surface area contributed by atoms with Crippen molar-refractivity contribution >= 4 is 5.96 Å². The molecule has 120 valence electrons. The van der Waals surface area contributed by atoms with Crippen molar-refractivity contribution in [3.63, 3.8) is 0 Å². The Hall–Kier alpha value is -1.56. The standard InChI is InChI=1S/C15H30N6/c1-5-21(6-2)11-7-8-13(3)19-15(16-4)17-12-14-9-10-18-20-14/h9-10,13H,5-8,11-12H2,1-4H3,(H,18,20)(H2,16,17,19). The van der Waals surface area contributed by atoms with Gasteiger partial charge < -0.3 is 15.5 Å². The summed E-state index contributed by atoms with van der Waals surface area (Å²) in [7, 11) is 1.80. The summed E-state index contributed by atoms with van der Waals surface area (Å²) in [6, 6.07) is 2.36. The first-order valence-electron chi connectivity index (χ1n) is 7.87. The van der Waals surface area contributed by atoms with Crippen molar-refractivity contribution in [2.75, 3.05) is 26.7 Å². The van der Waals surface area contributed by atoms with Crippen LogP contribution < -0.4 is 10.6 Å². The quantitative estimate of drug-likeness (QED) is 0.478. The van der Waals surface area contributed by atoms with Gasteiger partial charge in [0.25, 0.3) is 0 Å². The maximum absolute atomic E-state index is 4.25. The molecule has 0 amide bonds. The van der Waals surface area contributed by atoms with Gasteiger partial charge in [-0.1, -0.05) is 13.8 Å². The maximum atomic E-state index is 4.25. The van der Waals surface area contributed by atoms with Gasteiger partial charge in [-0.2, -0.15) is 5.10 Å². The van der Waals surface area contributed by atoms with E-state index in [1.165, 1.54) is 13.0 Å². The second-order valence-corrected chi connectivity index (χ2v) is 5.22. The third-order valence-electron chi connectivity index (χ3n) is 3.62. The molecule has 0 saturated carbocycles. The Morgan fingerprint density at radius 2 is 2.19 bits per heavy atom. The first kappa shape index (κ1) is 17.5. The van der Waals surface area contributed by atoms with Gasteiger partial charge in [0, 0.05) is 19.3 Å². The summed E-state index contributed by atoms with van der Waals surface area (Å²) in [4.78, 5) is 6.71. The zero-order valence-electron chi connectivity index (χ0n) is 13.8. The summed E-state index contributed by atoms with van der Waals surface area (Å²) < 4.78 is 0. The number of H-pyrrole nitrogens is 1. The van der Waals surface area contributed by atoms with E-state index < -0.39 is 0 Å². The van der Waals surface area contributed by atoms with Gasteiger partial charge in [-0.25, -0.2) is 0 Å². The van der Waals surface area contributed by atoms with E-state index >= 15 is 0 Å². The highest BCUT2D eigenvalue weighted by atomic mass is 15.2. The van der Waals surface area contributed by atoms with Crippen LogP contribution in [0.2, 0.25) is 0 Å². The smallest absolute Gasteiger partial charge is 0.191 e. The molecule has 1 unspecified atom stereocenters. The lowest BCUT2D eigenvalue weighted by molar-refractivity contribution is 0.292. The zero-order valence-corrected chi connectivity index (χ0v) is 13.8. The first-order chi connectivity index (χ1) is 10.2. The topological polar surface area (TPSA) is 68.3 Å². The van der Waals surface area contributed by atoms with E-state index in [-0.39, 0.29) is 0 Å². The molecule has 1 rings (SSSR count). The maximum Gasteiger partial charge on any atom is 0.191 e. The van der Waals surface area contributed by atoms with Gasteiger partial charge >= 0.3 is 0 Å². The minimum Gasteiger partial charge on any atom is -0.354 e. The van der Waals surface area contributed by atoms with Gasteiger partial charge in [-0.05, 0) is 45.5 Å². The Balaban J connectivity index is 2.22. The lowest BCUT2D eigenvalue weighted by atomic mass is 10.2. The highest BCUT2D eigenvalue weighted by molar-refractivity contribution is 5.79. The minimum absolute atomic E-state index is 0.411. The SMILES string of the molecule is CCN(CC)CCCC(C)NC(=NC)NCc1ccn[nH]1. The van der Waals surface area contributed by atoms with Crippen molar-refractivity contribution in [1.82, 2.24) is 25.7 Å². The Labute approximate surface area is 128 Å². The monoisotopic (exact) mass is 294 g/mol. The second-order valence-electron chi connectivity index (χ2n) is 5.22. The van der Waals surface area contributed by atoms with E-state index in [0.717, 1.165) is 31.2 Å².